The summed E-state index contributed by atoms with van der Waals surface area (Å²) in [5, 5.41) is 0. The van der Waals surface area contributed by atoms with Crippen LogP contribution in [0.4, 0.5) is 5.82 Å². The van der Waals surface area contributed by atoms with Gasteiger partial charge in [-0.15, -0.1) is 0 Å². The number of pyridine rings is 2. The Morgan fingerprint density at radius 1 is 1.00 bits per heavy atom. The van der Waals surface area contributed by atoms with Gasteiger partial charge in [0.2, 0.25) is 0 Å². The zero-order chi connectivity index (χ0) is 18.9. The van der Waals surface area contributed by atoms with E-state index in [2.05, 4.69) is 43.5 Å². The first-order valence-corrected chi connectivity index (χ1v) is 9.63. The highest BCUT2D eigenvalue weighted by Crippen LogP contribution is 2.33. The van der Waals surface area contributed by atoms with Crippen LogP contribution < -0.4 is 4.90 Å². The van der Waals surface area contributed by atoms with Crippen LogP contribution in [-0.2, 0) is 6.54 Å². The number of aromatic nitrogens is 6. The monoisotopic (exact) mass is 371 g/mol. The van der Waals surface area contributed by atoms with E-state index in [0.717, 1.165) is 54.4 Å². The number of aryl methyl sites for hydroxylation is 1. The molecule has 0 saturated carbocycles. The predicted molar refractivity (Wildman–Crippen MR) is 108 cm³/mol. The van der Waals surface area contributed by atoms with Gasteiger partial charge in [-0.1, -0.05) is 12.1 Å². The molecular weight excluding hydrogens is 350 g/mol. The van der Waals surface area contributed by atoms with Gasteiger partial charge in [-0.2, -0.15) is 0 Å². The molecule has 5 heterocycles. The van der Waals surface area contributed by atoms with Crippen LogP contribution in [0.1, 0.15) is 25.0 Å². The van der Waals surface area contributed by atoms with Crippen LogP contribution in [0, 0.1) is 0 Å². The van der Waals surface area contributed by atoms with Crippen LogP contribution in [0.5, 0.6) is 0 Å². The molecule has 7 heteroatoms. The summed E-state index contributed by atoms with van der Waals surface area (Å²) in [6.07, 6.45) is 6.53. The van der Waals surface area contributed by atoms with Crippen molar-refractivity contribution >= 4 is 17.0 Å². The third kappa shape index (κ3) is 2.89. The van der Waals surface area contributed by atoms with Crippen molar-refractivity contribution in [3.63, 3.8) is 0 Å². The zero-order valence-electron chi connectivity index (χ0n) is 15.7. The molecule has 4 aromatic heterocycles. The number of hydrogen-bond acceptors (Lipinski definition) is 6. The SMILES string of the molecule is CCn1cnc2c(N3CCC(c4ccccn4)C3)nc(-c3ccccn3)nc21. The second-order valence-corrected chi connectivity index (χ2v) is 6.97. The van der Waals surface area contributed by atoms with E-state index in [1.54, 1.807) is 6.20 Å². The largest absolute Gasteiger partial charge is 0.354 e. The Bertz CT molecular complexity index is 1090. The number of nitrogens with zero attached hydrogens (tertiary/aromatic N) is 7. The van der Waals surface area contributed by atoms with Crippen molar-refractivity contribution in [1.29, 1.82) is 0 Å². The Morgan fingerprint density at radius 3 is 2.61 bits per heavy atom. The summed E-state index contributed by atoms with van der Waals surface area (Å²) in [4.78, 5) is 25.6. The lowest BCUT2D eigenvalue weighted by atomic mass is 10.0. The molecule has 0 radical (unpaired) electrons. The van der Waals surface area contributed by atoms with Gasteiger partial charge in [0.25, 0.3) is 0 Å². The second-order valence-electron chi connectivity index (χ2n) is 6.97. The van der Waals surface area contributed by atoms with E-state index in [-0.39, 0.29) is 0 Å². The van der Waals surface area contributed by atoms with Gasteiger partial charge in [-0.25, -0.2) is 15.0 Å². The van der Waals surface area contributed by atoms with E-state index in [9.17, 15) is 0 Å². The van der Waals surface area contributed by atoms with Gasteiger partial charge in [0.05, 0.1) is 6.33 Å². The highest BCUT2D eigenvalue weighted by molar-refractivity contribution is 5.85. The minimum absolute atomic E-state index is 0.401. The molecule has 140 valence electrons. The van der Waals surface area contributed by atoms with Gasteiger partial charge in [-0.05, 0) is 37.6 Å². The van der Waals surface area contributed by atoms with Gasteiger partial charge in [0.15, 0.2) is 22.8 Å². The van der Waals surface area contributed by atoms with Crippen LogP contribution in [0.2, 0.25) is 0 Å². The highest BCUT2D eigenvalue weighted by Gasteiger charge is 2.28. The van der Waals surface area contributed by atoms with E-state index >= 15 is 0 Å². The Labute approximate surface area is 163 Å². The molecule has 5 rings (SSSR count). The van der Waals surface area contributed by atoms with Crippen molar-refractivity contribution in [2.45, 2.75) is 25.8 Å². The number of fused-ring (bicyclic) bond motifs is 1. The second kappa shape index (κ2) is 6.99. The summed E-state index contributed by atoms with van der Waals surface area (Å²) in [6, 6.07) is 11.9. The maximum atomic E-state index is 4.88. The first kappa shape index (κ1) is 16.8. The molecule has 1 atom stereocenters. The highest BCUT2D eigenvalue weighted by atomic mass is 15.2. The molecule has 1 aliphatic heterocycles. The molecule has 28 heavy (non-hydrogen) atoms. The Hall–Kier alpha value is -3.35. The van der Waals surface area contributed by atoms with Gasteiger partial charge >= 0.3 is 0 Å². The summed E-state index contributed by atoms with van der Waals surface area (Å²) in [7, 11) is 0. The lowest BCUT2D eigenvalue weighted by Gasteiger charge is -2.18. The Morgan fingerprint density at radius 2 is 1.86 bits per heavy atom. The van der Waals surface area contributed by atoms with Crippen molar-refractivity contribution in [2.75, 3.05) is 18.0 Å². The molecule has 0 bridgehead atoms. The summed E-state index contributed by atoms with van der Waals surface area (Å²) in [5.41, 5.74) is 3.62. The lowest BCUT2D eigenvalue weighted by Crippen LogP contribution is -2.21. The first-order valence-electron chi connectivity index (χ1n) is 9.63. The van der Waals surface area contributed by atoms with Crippen molar-refractivity contribution in [2.24, 2.45) is 0 Å². The Kier molecular flexibility index (Phi) is 4.20. The predicted octanol–water partition coefficient (Wildman–Crippen LogP) is 3.30. The molecule has 0 aliphatic carbocycles. The number of hydrogen-bond donors (Lipinski definition) is 0. The average molecular weight is 371 g/mol. The molecule has 0 aromatic carbocycles. The van der Waals surface area contributed by atoms with E-state index in [1.807, 2.05) is 36.8 Å². The maximum absolute atomic E-state index is 4.88. The molecule has 1 unspecified atom stereocenters. The number of rotatable bonds is 4. The number of imidazole rings is 1. The van der Waals surface area contributed by atoms with Crippen molar-refractivity contribution in [3.8, 4) is 11.5 Å². The van der Waals surface area contributed by atoms with Gasteiger partial charge in [-0.3, -0.25) is 9.97 Å². The summed E-state index contributed by atoms with van der Waals surface area (Å²) in [5.74, 6) is 1.92. The molecule has 1 fully saturated rings. The first-order chi connectivity index (χ1) is 13.8. The normalized spacial score (nSPS) is 16.8. The van der Waals surface area contributed by atoms with E-state index in [4.69, 9.17) is 9.97 Å². The van der Waals surface area contributed by atoms with Gasteiger partial charge < -0.3 is 9.47 Å². The molecule has 4 aromatic rings. The molecule has 1 aliphatic rings. The Balaban J connectivity index is 1.58. The van der Waals surface area contributed by atoms with E-state index in [1.165, 1.54) is 0 Å². The molecule has 1 saturated heterocycles. The lowest BCUT2D eigenvalue weighted by molar-refractivity contribution is 0.744. The molecule has 0 amide bonds. The van der Waals surface area contributed by atoms with Crippen LogP contribution in [-0.4, -0.2) is 42.6 Å². The molecular formula is C21H21N7. The fraction of sp³-hybridized carbons (Fsp3) is 0.286. The topological polar surface area (TPSA) is 72.6 Å². The van der Waals surface area contributed by atoms with Crippen LogP contribution in [0.3, 0.4) is 0 Å². The fourth-order valence-electron chi connectivity index (χ4n) is 3.80. The van der Waals surface area contributed by atoms with Crippen molar-refractivity contribution in [3.05, 3.63) is 60.8 Å². The smallest absolute Gasteiger partial charge is 0.182 e. The van der Waals surface area contributed by atoms with E-state index < -0.39 is 0 Å². The molecule has 0 spiro atoms. The van der Waals surface area contributed by atoms with Crippen LogP contribution >= 0.6 is 0 Å². The summed E-state index contributed by atoms with van der Waals surface area (Å²) < 4.78 is 2.05. The van der Waals surface area contributed by atoms with Crippen molar-refractivity contribution < 1.29 is 0 Å². The summed E-state index contributed by atoms with van der Waals surface area (Å²) in [6.45, 7) is 4.71. The third-order valence-electron chi connectivity index (χ3n) is 5.27. The average Bonchev–Trinajstić information content (AvgIpc) is 3.41. The zero-order valence-corrected chi connectivity index (χ0v) is 15.7. The molecule has 7 nitrogen and oxygen atoms in total. The minimum atomic E-state index is 0.401. The standard InChI is InChI=1S/C21H21N7/c1-2-27-14-24-18-20(27)25-19(17-8-4-6-11-23-17)26-21(18)28-12-9-15(13-28)16-7-3-5-10-22-16/h3-8,10-11,14-15H,2,9,12-13H2,1H3. The quantitative estimate of drug-likeness (QED) is 0.548. The van der Waals surface area contributed by atoms with Gasteiger partial charge in [0.1, 0.15) is 5.69 Å². The van der Waals surface area contributed by atoms with Crippen LogP contribution in [0.15, 0.2) is 55.1 Å². The maximum Gasteiger partial charge on any atom is 0.182 e. The third-order valence-corrected chi connectivity index (χ3v) is 5.27. The minimum Gasteiger partial charge on any atom is -0.354 e. The number of anilines is 1. The fourth-order valence-corrected chi connectivity index (χ4v) is 3.80. The van der Waals surface area contributed by atoms with Crippen molar-refractivity contribution in [1.82, 2.24) is 29.5 Å². The summed E-state index contributed by atoms with van der Waals surface area (Å²) >= 11 is 0. The van der Waals surface area contributed by atoms with Crippen LogP contribution in [0.25, 0.3) is 22.7 Å². The molecule has 0 N–H and O–H groups in total. The van der Waals surface area contributed by atoms with Gasteiger partial charge in [0, 0.05) is 43.6 Å². The van der Waals surface area contributed by atoms with E-state index in [0.29, 0.717) is 11.7 Å².